The molecular formula is C12H9Br2N7O. The zero-order valence-corrected chi connectivity index (χ0v) is 14.3. The van der Waals surface area contributed by atoms with E-state index >= 15 is 0 Å². The maximum absolute atomic E-state index is 12.6. The molecule has 10 heteroatoms. The van der Waals surface area contributed by atoms with E-state index in [0.29, 0.717) is 35.7 Å². The van der Waals surface area contributed by atoms with Gasteiger partial charge in [0.2, 0.25) is 0 Å². The van der Waals surface area contributed by atoms with Crippen molar-refractivity contribution in [2.75, 3.05) is 6.54 Å². The van der Waals surface area contributed by atoms with Crippen LogP contribution in [-0.4, -0.2) is 46.7 Å². The number of carbonyl (C=O) groups is 1. The van der Waals surface area contributed by atoms with Crippen LogP contribution in [0, 0.1) is 0 Å². The number of fused-ring (bicyclic) bond motifs is 2. The highest BCUT2D eigenvalue weighted by molar-refractivity contribution is 9.10. The first-order chi connectivity index (χ1) is 10.6. The quantitative estimate of drug-likeness (QED) is 0.589. The third-order valence-electron chi connectivity index (χ3n) is 3.50. The van der Waals surface area contributed by atoms with Crippen molar-refractivity contribution < 1.29 is 4.79 Å². The highest BCUT2D eigenvalue weighted by Gasteiger charge is 2.26. The van der Waals surface area contributed by atoms with Gasteiger partial charge in [0.1, 0.15) is 0 Å². The second-order valence-corrected chi connectivity index (χ2v) is 6.49. The van der Waals surface area contributed by atoms with Crippen molar-refractivity contribution in [3.63, 3.8) is 0 Å². The molecule has 3 aromatic heterocycles. The largest absolute Gasteiger partial charge is 0.328 e. The number of carbonyl (C=O) groups excluding carboxylic acids is 1. The summed E-state index contributed by atoms with van der Waals surface area (Å²) in [6, 6.07) is 1.68. The van der Waals surface area contributed by atoms with Gasteiger partial charge in [-0.3, -0.25) is 4.79 Å². The molecule has 0 unspecified atom stereocenters. The van der Waals surface area contributed by atoms with Crippen molar-refractivity contribution >= 4 is 43.4 Å². The Hall–Kier alpha value is -1.81. The molecule has 0 N–H and O–H groups in total. The number of rotatable bonds is 1. The van der Waals surface area contributed by atoms with Crippen LogP contribution in [0.2, 0.25) is 0 Å². The monoisotopic (exact) mass is 425 g/mol. The number of halogens is 2. The van der Waals surface area contributed by atoms with E-state index in [1.54, 1.807) is 27.9 Å². The average molecular weight is 427 g/mol. The maximum atomic E-state index is 12.6. The fourth-order valence-corrected chi connectivity index (χ4v) is 3.17. The van der Waals surface area contributed by atoms with Crippen LogP contribution in [0.5, 0.6) is 0 Å². The molecule has 1 aliphatic rings. The van der Waals surface area contributed by atoms with Gasteiger partial charge in [-0.05, 0) is 31.9 Å². The predicted molar refractivity (Wildman–Crippen MR) is 83.1 cm³/mol. The van der Waals surface area contributed by atoms with Crippen LogP contribution in [0.15, 0.2) is 27.7 Å². The van der Waals surface area contributed by atoms with Gasteiger partial charge in [-0.2, -0.15) is 5.10 Å². The van der Waals surface area contributed by atoms with Gasteiger partial charge in [-0.1, -0.05) is 0 Å². The van der Waals surface area contributed by atoms with E-state index in [1.165, 1.54) is 0 Å². The predicted octanol–water partition coefficient (Wildman–Crippen LogP) is 1.50. The lowest BCUT2D eigenvalue weighted by atomic mass is 10.3. The lowest BCUT2D eigenvalue weighted by Crippen LogP contribution is -2.38. The van der Waals surface area contributed by atoms with Gasteiger partial charge in [-0.15, -0.1) is 10.2 Å². The highest BCUT2D eigenvalue weighted by Crippen LogP contribution is 2.18. The Balaban J connectivity index is 1.63. The van der Waals surface area contributed by atoms with E-state index in [0.717, 1.165) is 10.3 Å². The van der Waals surface area contributed by atoms with E-state index in [4.69, 9.17) is 0 Å². The molecule has 0 bridgehead atoms. The van der Waals surface area contributed by atoms with Gasteiger partial charge in [-0.25, -0.2) is 9.50 Å². The summed E-state index contributed by atoms with van der Waals surface area (Å²) in [5, 5.41) is 12.3. The van der Waals surface area contributed by atoms with Gasteiger partial charge in [0, 0.05) is 31.5 Å². The van der Waals surface area contributed by atoms with Gasteiger partial charge < -0.3 is 9.47 Å². The van der Waals surface area contributed by atoms with E-state index in [-0.39, 0.29) is 5.91 Å². The molecule has 0 saturated carbocycles. The van der Waals surface area contributed by atoms with Crippen molar-refractivity contribution in [3.05, 3.63) is 39.2 Å². The molecular weight excluding hydrogens is 418 g/mol. The Labute approximate surface area is 141 Å². The first-order valence-corrected chi connectivity index (χ1v) is 8.08. The van der Waals surface area contributed by atoms with E-state index in [2.05, 4.69) is 52.1 Å². The summed E-state index contributed by atoms with van der Waals surface area (Å²) in [6.07, 6.45) is 3.44. The molecule has 112 valence electrons. The third-order valence-corrected chi connectivity index (χ3v) is 4.49. The van der Waals surface area contributed by atoms with Crippen LogP contribution >= 0.6 is 31.9 Å². The summed E-state index contributed by atoms with van der Waals surface area (Å²) >= 11 is 6.68. The number of hydrogen-bond donors (Lipinski definition) is 0. The number of amides is 1. The van der Waals surface area contributed by atoms with Crippen LogP contribution in [0.1, 0.15) is 16.3 Å². The summed E-state index contributed by atoms with van der Waals surface area (Å²) in [5.41, 5.74) is 1.01. The smallest absolute Gasteiger partial charge is 0.274 e. The Morgan fingerprint density at radius 3 is 2.95 bits per heavy atom. The average Bonchev–Trinajstić information content (AvgIpc) is 3.09. The molecule has 1 amide bonds. The molecule has 0 aromatic carbocycles. The fraction of sp³-hybridized carbons (Fsp3) is 0.250. The summed E-state index contributed by atoms with van der Waals surface area (Å²) in [6.45, 7) is 1.67. The number of nitrogens with zero attached hydrogens (tertiary/aromatic N) is 7. The lowest BCUT2D eigenvalue weighted by molar-refractivity contribution is 0.0700. The minimum atomic E-state index is -0.132. The molecule has 0 spiro atoms. The van der Waals surface area contributed by atoms with E-state index in [9.17, 15) is 4.79 Å². The fourth-order valence-electron chi connectivity index (χ4n) is 2.42. The Bertz CT molecular complexity index is 887. The van der Waals surface area contributed by atoms with Crippen molar-refractivity contribution in [2.24, 2.45) is 0 Å². The number of hydrogen-bond acceptors (Lipinski definition) is 5. The topological polar surface area (TPSA) is 81.2 Å². The minimum Gasteiger partial charge on any atom is -0.328 e. The SMILES string of the molecule is O=C(c1cc2ncc(Br)cn2n1)N1CCn2c(Br)nnc2C1. The van der Waals surface area contributed by atoms with Crippen molar-refractivity contribution in [3.8, 4) is 0 Å². The Morgan fingerprint density at radius 1 is 1.23 bits per heavy atom. The van der Waals surface area contributed by atoms with Crippen molar-refractivity contribution in [2.45, 2.75) is 13.1 Å². The Morgan fingerprint density at radius 2 is 2.09 bits per heavy atom. The third kappa shape index (κ3) is 2.22. The molecule has 8 nitrogen and oxygen atoms in total. The van der Waals surface area contributed by atoms with Gasteiger partial charge in [0.15, 0.2) is 21.9 Å². The molecule has 0 saturated heterocycles. The summed E-state index contributed by atoms with van der Waals surface area (Å²) in [5.74, 6) is 0.628. The highest BCUT2D eigenvalue weighted by atomic mass is 79.9. The summed E-state index contributed by atoms with van der Waals surface area (Å²) in [4.78, 5) is 18.5. The molecule has 0 aliphatic carbocycles. The normalized spacial score (nSPS) is 14.4. The lowest BCUT2D eigenvalue weighted by Gasteiger charge is -2.26. The maximum Gasteiger partial charge on any atom is 0.274 e. The second kappa shape index (κ2) is 5.13. The van der Waals surface area contributed by atoms with Crippen LogP contribution < -0.4 is 0 Å². The van der Waals surface area contributed by atoms with Crippen LogP contribution in [0.25, 0.3) is 5.65 Å². The van der Waals surface area contributed by atoms with E-state index in [1.807, 2.05) is 4.57 Å². The van der Waals surface area contributed by atoms with Crippen LogP contribution in [0.4, 0.5) is 0 Å². The molecule has 0 atom stereocenters. The summed E-state index contributed by atoms with van der Waals surface area (Å²) in [7, 11) is 0. The molecule has 0 fully saturated rings. The standard InChI is InChI=1S/C12H9Br2N7O/c13-7-4-15-9-3-8(18-21(9)5-7)11(22)19-1-2-20-10(6-19)16-17-12(20)14/h3-5H,1-2,6H2. The minimum absolute atomic E-state index is 0.132. The van der Waals surface area contributed by atoms with Gasteiger partial charge in [0.25, 0.3) is 5.91 Å². The molecule has 4 heterocycles. The first kappa shape index (κ1) is 13.8. The van der Waals surface area contributed by atoms with Gasteiger partial charge >= 0.3 is 0 Å². The molecule has 3 aromatic rings. The van der Waals surface area contributed by atoms with Crippen LogP contribution in [-0.2, 0) is 13.1 Å². The number of aromatic nitrogens is 6. The first-order valence-electron chi connectivity index (χ1n) is 6.49. The van der Waals surface area contributed by atoms with Gasteiger partial charge in [0.05, 0.1) is 11.0 Å². The van der Waals surface area contributed by atoms with Crippen LogP contribution in [0.3, 0.4) is 0 Å². The van der Waals surface area contributed by atoms with Crippen molar-refractivity contribution in [1.29, 1.82) is 0 Å². The second-order valence-electron chi connectivity index (χ2n) is 4.87. The summed E-state index contributed by atoms with van der Waals surface area (Å²) < 4.78 is 5.03. The Kier molecular flexibility index (Phi) is 3.22. The van der Waals surface area contributed by atoms with E-state index < -0.39 is 0 Å². The molecule has 22 heavy (non-hydrogen) atoms. The molecule has 0 radical (unpaired) electrons. The van der Waals surface area contributed by atoms with Crippen molar-refractivity contribution in [1.82, 2.24) is 34.3 Å². The zero-order valence-electron chi connectivity index (χ0n) is 11.1. The zero-order chi connectivity index (χ0) is 15.3. The molecule has 4 rings (SSSR count). The molecule has 1 aliphatic heterocycles.